The monoisotopic (exact) mass is 344 g/mol. The van der Waals surface area contributed by atoms with Crippen molar-refractivity contribution in [1.82, 2.24) is 10.3 Å². The van der Waals surface area contributed by atoms with Crippen LogP contribution in [-0.2, 0) is 0 Å². The number of nitrogens with one attached hydrogen (secondary N) is 2. The molecule has 2 N–H and O–H groups in total. The Kier molecular flexibility index (Phi) is 5.72. The van der Waals surface area contributed by atoms with Gasteiger partial charge in [0.2, 0.25) is 0 Å². The molecule has 1 aromatic heterocycles. The summed E-state index contributed by atoms with van der Waals surface area (Å²) in [5.74, 6) is -1.55. The summed E-state index contributed by atoms with van der Waals surface area (Å²) in [7, 11) is 0. The largest absolute Gasteiger partial charge is 0.408 e. The number of hydrogen-bond donors (Lipinski definition) is 2. The minimum atomic E-state index is -4.53. The third kappa shape index (κ3) is 4.39. The van der Waals surface area contributed by atoms with Gasteiger partial charge in [-0.25, -0.2) is 0 Å². The molecule has 1 fully saturated rings. The fourth-order valence-corrected chi connectivity index (χ4v) is 3.16. The molecule has 2 rings (SSSR count). The van der Waals surface area contributed by atoms with Gasteiger partial charge >= 0.3 is 6.18 Å². The Labute approximate surface area is 138 Å². The number of alkyl halides is 3. The Morgan fingerprint density at radius 1 is 1.21 bits per heavy atom. The zero-order chi connectivity index (χ0) is 17.9. The van der Waals surface area contributed by atoms with Crippen LogP contribution in [0.2, 0.25) is 0 Å². The average Bonchev–Trinajstić information content (AvgIpc) is 2.51. The molecule has 1 atom stereocenters. The SMILES string of the molecule is CC(C)c1ccc(C(=O)NC(C2CCCCC2)C(F)(F)F)c(=O)[nH]1. The van der Waals surface area contributed by atoms with Gasteiger partial charge in [0.25, 0.3) is 11.5 Å². The Hall–Kier alpha value is -1.79. The summed E-state index contributed by atoms with van der Waals surface area (Å²) in [6, 6.07) is 0.941. The van der Waals surface area contributed by atoms with Crippen LogP contribution in [0.3, 0.4) is 0 Å². The van der Waals surface area contributed by atoms with E-state index in [1.165, 1.54) is 6.07 Å². The van der Waals surface area contributed by atoms with Gasteiger partial charge in [-0.15, -0.1) is 0 Å². The topological polar surface area (TPSA) is 62.0 Å². The zero-order valence-corrected chi connectivity index (χ0v) is 13.9. The number of aromatic nitrogens is 1. The summed E-state index contributed by atoms with van der Waals surface area (Å²) in [6.45, 7) is 3.74. The Morgan fingerprint density at radius 3 is 2.33 bits per heavy atom. The number of amides is 1. The van der Waals surface area contributed by atoms with Crippen molar-refractivity contribution in [2.75, 3.05) is 0 Å². The van der Waals surface area contributed by atoms with E-state index in [4.69, 9.17) is 0 Å². The predicted molar refractivity (Wildman–Crippen MR) is 85.0 cm³/mol. The number of pyridine rings is 1. The maximum Gasteiger partial charge on any atom is 0.408 e. The molecule has 1 unspecified atom stereocenters. The van der Waals surface area contributed by atoms with Crippen LogP contribution < -0.4 is 10.9 Å². The fraction of sp³-hybridized carbons (Fsp3) is 0.647. The van der Waals surface area contributed by atoms with Gasteiger partial charge in [0.15, 0.2) is 0 Å². The first-order chi connectivity index (χ1) is 11.2. The number of halogens is 3. The van der Waals surface area contributed by atoms with E-state index in [0.717, 1.165) is 19.3 Å². The molecule has 0 radical (unpaired) electrons. The average molecular weight is 344 g/mol. The van der Waals surface area contributed by atoms with E-state index in [1.807, 2.05) is 19.2 Å². The molecule has 1 amide bonds. The van der Waals surface area contributed by atoms with Crippen LogP contribution in [-0.4, -0.2) is 23.1 Å². The Morgan fingerprint density at radius 2 is 1.83 bits per heavy atom. The van der Waals surface area contributed by atoms with E-state index in [2.05, 4.69) is 4.98 Å². The highest BCUT2D eigenvalue weighted by Crippen LogP contribution is 2.34. The lowest BCUT2D eigenvalue weighted by molar-refractivity contribution is -0.167. The molecule has 1 heterocycles. The van der Waals surface area contributed by atoms with Crippen molar-refractivity contribution >= 4 is 5.91 Å². The van der Waals surface area contributed by atoms with Gasteiger partial charge in [0.05, 0.1) is 0 Å². The first kappa shape index (κ1) is 18.5. The highest BCUT2D eigenvalue weighted by atomic mass is 19.4. The van der Waals surface area contributed by atoms with Crippen LogP contribution in [0, 0.1) is 5.92 Å². The second-order valence-electron chi connectivity index (χ2n) is 6.70. The predicted octanol–water partition coefficient (Wildman–Crippen LogP) is 3.74. The van der Waals surface area contributed by atoms with Crippen molar-refractivity contribution in [2.24, 2.45) is 5.92 Å². The molecule has 4 nitrogen and oxygen atoms in total. The highest BCUT2D eigenvalue weighted by molar-refractivity contribution is 5.94. The highest BCUT2D eigenvalue weighted by Gasteiger charge is 2.45. The molecule has 0 bridgehead atoms. The first-order valence-corrected chi connectivity index (χ1v) is 8.31. The quantitative estimate of drug-likeness (QED) is 0.874. The number of aromatic amines is 1. The van der Waals surface area contributed by atoms with E-state index in [0.29, 0.717) is 18.5 Å². The summed E-state index contributed by atoms with van der Waals surface area (Å²) in [5, 5.41) is 2.05. The molecule has 0 saturated heterocycles. The molecule has 1 saturated carbocycles. The molecule has 1 aromatic rings. The van der Waals surface area contributed by atoms with Crippen molar-refractivity contribution in [2.45, 2.75) is 64.1 Å². The van der Waals surface area contributed by atoms with Gasteiger partial charge in [0.1, 0.15) is 11.6 Å². The van der Waals surface area contributed by atoms with Crippen LogP contribution in [0.1, 0.15) is 67.9 Å². The molecule has 0 aliphatic heterocycles. The van der Waals surface area contributed by atoms with Gasteiger partial charge in [0, 0.05) is 5.69 Å². The molecule has 0 spiro atoms. The van der Waals surface area contributed by atoms with E-state index < -0.39 is 29.6 Å². The third-order valence-corrected chi connectivity index (χ3v) is 4.56. The minimum Gasteiger partial charge on any atom is -0.340 e. The second kappa shape index (κ2) is 7.40. The lowest BCUT2D eigenvalue weighted by Gasteiger charge is -2.32. The van der Waals surface area contributed by atoms with Crippen LogP contribution in [0.15, 0.2) is 16.9 Å². The summed E-state index contributed by atoms with van der Waals surface area (Å²) < 4.78 is 40.1. The molecule has 134 valence electrons. The number of carbonyl (C=O) groups is 1. The van der Waals surface area contributed by atoms with E-state index >= 15 is 0 Å². The van der Waals surface area contributed by atoms with Crippen molar-refractivity contribution in [3.8, 4) is 0 Å². The lowest BCUT2D eigenvalue weighted by atomic mass is 9.83. The van der Waals surface area contributed by atoms with Crippen LogP contribution in [0.5, 0.6) is 0 Å². The van der Waals surface area contributed by atoms with Crippen molar-refractivity contribution in [1.29, 1.82) is 0 Å². The van der Waals surface area contributed by atoms with Crippen LogP contribution in [0.25, 0.3) is 0 Å². The van der Waals surface area contributed by atoms with Gasteiger partial charge in [-0.3, -0.25) is 9.59 Å². The number of hydrogen-bond acceptors (Lipinski definition) is 2. The minimum absolute atomic E-state index is 0.0555. The van der Waals surface area contributed by atoms with Crippen molar-refractivity contribution in [3.63, 3.8) is 0 Å². The number of H-pyrrole nitrogens is 1. The first-order valence-electron chi connectivity index (χ1n) is 8.31. The Bertz CT molecular complexity index is 631. The normalized spacial score (nSPS) is 17.8. The van der Waals surface area contributed by atoms with E-state index in [9.17, 15) is 22.8 Å². The maximum absolute atomic E-state index is 13.4. The van der Waals surface area contributed by atoms with E-state index in [-0.39, 0.29) is 11.5 Å². The van der Waals surface area contributed by atoms with Crippen LogP contribution in [0.4, 0.5) is 13.2 Å². The summed E-state index contributed by atoms with van der Waals surface area (Å²) in [5.41, 5.74) is -0.316. The molecule has 0 aromatic carbocycles. The smallest absolute Gasteiger partial charge is 0.340 e. The van der Waals surface area contributed by atoms with Gasteiger partial charge < -0.3 is 10.3 Å². The zero-order valence-electron chi connectivity index (χ0n) is 13.9. The standard InChI is InChI=1S/C17H23F3N2O2/c1-10(2)13-9-8-12(15(23)21-13)16(24)22-14(17(18,19)20)11-6-4-3-5-7-11/h8-11,14H,3-7H2,1-2H3,(H,21,23)(H,22,24). The van der Waals surface area contributed by atoms with Crippen LogP contribution >= 0.6 is 0 Å². The molecule has 1 aliphatic carbocycles. The molecular weight excluding hydrogens is 321 g/mol. The Balaban J connectivity index is 2.20. The number of rotatable bonds is 4. The number of carbonyl (C=O) groups excluding carboxylic acids is 1. The lowest BCUT2D eigenvalue weighted by Crippen LogP contribution is -2.51. The molecule has 7 heteroatoms. The van der Waals surface area contributed by atoms with Gasteiger partial charge in [-0.2, -0.15) is 13.2 Å². The van der Waals surface area contributed by atoms with Gasteiger partial charge in [-0.1, -0.05) is 33.1 Å². The van der Waals surface area contributed by atoms with Crippen molar-refractivity contribution < 1.29 is 18.0 Å². The third-order valence-electron chi connectivity index (χ3n) is 4.56. The van der Waals surface area contributed by atoms with E-state index in [1.54, 1.807) is 6.07 Å². The van der Waals surface area contributed by atoms with Gasteiger partial charge in [-0.05, 0) is 36.8 Å². The summed E-state index contributed by atoms with van der Waals surface area (Å²) >= 11 is 0. The summed E-state index contributed by atoms with van der Waals surface area (Å²) in [4.78, 5) is 26.8. The maximum atomic E-state index is 13.4. The fourth-order valence-electron chi connectivity index (χ4n) is 3.16. The molecule has 24 heavy (non-hydrogen) atoms. The van der Waals surface area contributed by atoms with Crippen molar-refractivity contribution in [3.05, 3.63) is 33.7 Å². The molecular formula is C17H23F3N2O2. The molecule has 1 aliphatic rings. The second-order valence-corrected chi connectivity index (χ2v) is 6.70. The summed E-state index contributed by atoms with van der Waals surface area (Å²) in [6.07, 6.45) is -1.26.